The van der Waals surface area contributed by atoms with Gasteiger partial charge in [0.1, 0.15) is 0 Å². The molecule has 0 N–H and O–H groups in total. The van der Waals surface area contributed by atoms with Crippen LogP contribution in [0, 0.1) is 10.1 Å². The van der Waals surface area contributed by atoms with Crippen LogP contribution in [0.15, 0.2) is 46.9 Å². The molecule has 3 nitrogen and oxygen atoms in total. The van der Waals surface area contributed by atoms with Gasteiger partial charge in [-0.15, -0.1) is 0 Å². The molecule has 86 valence electrons. The van der Waals surface area contributed by atoms with Gasteiger partial charge in [-0.05, 0) is 18.2 Å². The zero-order valence-electron chi connectivity index (χ0n) is 8.56. The summed E-state index contributed by atoms with van der Waals surface area (Å²) in [7, 11) is 0. The van der Waals surface area contributed by atoms with E-state index >= 15 is 0 Å². The first-order valence-corrected chi connectivity index (χ1v) is 5.95. The molecule has 0 fully saturated rings. The first-order valence-electron chi connectivity index (χ1n) is 4.78. The van der Waals surface area contributed by atoms with Gasteiger partial charge in [0.2, 0.25) is 0 Å². The van der Waals surface area contributed by atoms with Crippen molar-refractivity contribution in [2.75, 3.05) is 0 Å². The molecule has 0 saturated heterocycles. The highest BCUT2D eigenvalue weighted by Crippen LogP contribution is 2.36. The van der Waals surface area contributed by atoms with Gasteiger partial charge in [0.15, 0.2) is 0 Å². The van der Waals surface area contributed by atoms with E-state index in [1.807, 2.05) is 24.3 Å². The topological polar surface area (TPSA) is 43.1 Å². The Balaban J connectivity index is 2.68. The highest BCUT2D eigenvalue weighted by molar-refractivity contribution is 9.10. The van der Waals surface area contributed by atoms with Gasteiger partial charge < -0.3 is 0 Å². The van der Waals surface area contributed by atoms with Gasteiger partial charge in [-0.3, -0.25) is 10.1 Å². The van der Waals surface area contributed by atoms with Crippen LogP contribution in [0.3, 0.4) is 0 Å². The number of halogens is 2. The SMILES string of the molecule is O=[N+]([O-])c1cc(Cl)ccc1-c1ccccc1Br. The number of rotatable bonds is 2. The quantitative estimate of drug-likeness (QED) is 0.597. The Bertz CT molecular complexity index is 586. The van der Waals surface area contributed by atoms with Crippen LogP contribution in [0.2, 0.25) is 5.02 Å². The molecule has 0 spiro atoms. The summed E-state index contributed by atoms with van der Waals surface area (Å²) in [6.45, 7) is 0. The maximum Gasteiger partial charge on any atom is 0.278 e. The Hall–Kier alpha value is -1.39. The zero-order chi connectivity index (χ0) is 12.4. The molecule has 2 aromatic rings. The van der Waals surface area contributed by atoms with Gasteiger partial charge in [-0.25, -0.2) is 0 Å². The molecule has 0 aliphatic carbocycles. The number of benzene rings is 2. The Morgan fingerprint density at radius 2 is 1.82 bits per heavy atom. The van der Waals surface area contributed by atoms with Gasteiger partial charge >= 0.3 is 0 Å². The maximum atomic E-state index is 11.0. The highest BCUT2D eigenvalue weighted by Gasteiger charge is 2.17. The summed E-state index contributed by atoms with van der Waals surface area (Å²) in [5, 5.41) is 11.3. The third-order valence-corrected chi connectivity index (χ3v) is 3.25. The van der Waals surface area contributed by atoms with E-state index in [0.29, 0.717) is 10.6 Å². The summed E-state index contributed by atoms with van der Waals surface area (Å²) < 4.78 is 0.811. The standard InChI is InChI=1S/C12H7BrClNO2/c13-11-4-2-1-3-9(11)10-6-5-8(14)7-12(10)15(16)17/h1-7H. The van der Waals surface area contributed by atoms with Crippen molar-refractivity contribution in [2.24, 2.45) is 0 Å². The highest BCUT2D eigenvalue weighted by atomic mass is 79.9. The number of hydrogen-bond donors (Lipinski definition) is 0. The molecular formula is C12H7BrClNO2. The maximum absolute atomic E-state index is 11.0. The average Bonchev–Trinajstić information content (AvgIpc) is 2.30. The molecule has 2 aromatic carbocycles. The number of nitro groups is 1. The van der Waals surface area contributed by atoms with Crippen molar-refractivity contribution in [1.82, 2.24) is 0 Å². The molecule has 0 aliphatic heterocycles. The molecule has 0 unspecified atom stereocenters. The van der Waals surface area contributed by atoms with Crippen LogP contribution in [0.4, 0.5) is 5.69 Å². The molecule has 5 heteroatoms. The molecule has 0 saturated carbocycles. The lowest BCUT2D eigenvalue weighted by molar-refractivity contribution is -0.384. The summed E-state index contributed by atoms with van der Waals surface area (Å²) in [4.78, 5) is 10.6. The molecule has 2 rings (SSSR count). The number of hydrogen-bond acceptors (Lipinski definition) is 2. The lowest BCUT2D eigenvalue weighted by Crippen LogP contribution is -1.92. The van der Waals surface area contributed by atoms with Crippen LogP contribution in [0.25, 0.3) is 11.1 Å². The van der Waals surface area contributed by atoms with Crippen LogP contribution in [0.1, 0.15) is 0 Å². The van der Waals surface area contributed by atoms with Gasteiger partial charge in [0.05, 0.1) is 10.5 Å². The fourth-order valence-electron chi connectivity index (χ4n) is 1.56. The van der Waals surface area contributed by atoms with Gasteiger partial charge in [0.25, 0.3) is 5.69 Å². The molecule has 0 heterocycles. The fraction of sp³-hybridized carbons (Fsp3) is 0. The third-order valence-electron chi connectivity index (χ3n) is 2.32. The van der Waals surface area contributed by atoms with Crippen molar-refractivity contribution in [3.05, 3.63) is 62.1 Å². The van der Waals surface area contributed by atoms with Crippen molar-refractivity contribution in [3.63, 3.8) is 0 Å². The summed E-state index contributed by atoms with van der Waals surface area (Å²) in [5.41, 5.74) is 1.33. The van der Waals surface area contributed by atoms with Crippen molar-refractivity contribution >= 4 is 33.2 Å². The average molecular weight is 313 g/mol. The normalized spacial score (nSPS) is 10.2. The lowest BCUT2D eigenvalue weighted by atomic mass is 10.0. The van der Waals surface area contributed by atoms with E-state index in [2.05, 4.69) is 15.9 Å². The minimum absolute atomic E-state index is 0.00407. The van der Waals surface area contributed by atoms with E-state index in [1.165, 1.54) is 6.07 Å². The summed E-state index contributed by atoms with van der Waals surface area (Å²) in [6, 6.07) is 12.0. The molecule has 0 aromatic heterocycles. The monoisotopic (exact) mass is 311 g/mol. The molecule has 0 radical (unpaired) electrons. The molecule has 17 heavy (non-hydrogen) atoms. The Kier molecular flexibility index (Phi) is 3.45. The first kappa shape index (κ1) is 12.1. The second kappa shape index (κ2) is 4.85. The predicted octanol–water partition coefficient (Wildman–Crippen LogP) is 4.68. The van der Waals surface area contributed by atoms with Gasteiger partial charge in [-0.2, -0.15) is 0 Å². The van der Waals surface area contributed by atoms with E-state index in [4.69, 9.17) is 11.6 Å². The fourth-order valence-corrected chi connectivity index (χ4v) is 2.23. The second-order valence-electron chi connectivity index (χ2n) is 3.40. The van der Waals surface area contributed by atoms with Crippen LogP contribution in [0.5, 0.6) is 0 Å². The van der Waals surface area contributed by atoms with Gasteiger partial charge in [-0.1, -0.05) is 45.7 Å². The lowest BCUT2D eigenvalue weighted by Gasteiger charge is -2.05. The second-order valence-corrected chi connectivity index (χ2v) is 4.69. The van der Waals surface area contributed by atoms with Crippen LogP contribution in [-0.4, -0.2) is 4.92 Å². The minimum Gasteiger partial charge on any atom is -0.258 e. The Morgan fingerprint density at radius 3 is 2.47 bits per heavy atom. The Labute approximate surface area is 111 Å². The summed E-state index contributed by atoms with van der Waals surface area (Å²) in [5.74, 6) is 0. The minimum atomic E-state index is -0.430. The number of nitrogens with zero attached hydrogens (tertiary/aromatic N) is 1. The zero-order valence-corrected chi connectivity index (χ0v) is 10.9. The molecule has 0 amide bonds. The van der Waals surface area contributed by atoms with E-state index in [-0.39, 0.29) is 5.69 Å². The molecule has 0 bridgehead atoms. The van der Waals surface area contributed by atoms with Gasteiger partial charge in [0, 0.05) is 21.1 Å². The van der Waals surface area contributed by atoms with E-state index in [1.54, 1.807) is 12.1 Å². The van der Waals surface area contributed by atoms with Crippen molar-refractivity contribution < 1.29 is 4.92 Å². The first-order chi connectivity index (χ1) is 8.09. The van der Waals surface area contributed by atoms with Crippen LogP contribution in [-0.2, 0) is 0 Å². The molecule has 0 aliphatic rings. The van der Waals surface area contributed by atoms with Crippen LogP contribution >= 0.6 is 27.5 Å². The van der Waals surface area contributed by atoms with Crippen molar-refractivity contribution in [1.29, 1.82) is 0 Å². The molecule has 0 atom stereocenters. The van der Waals surface area contributed by atoms with E-state index in [9.17, 15) is 10.1 Å². The van der Waals surface area contributed by atoms with Crippen molar-refractivity contribution in [2.45, 2.75) is 0 Å². The third kappa shape index (κ3) is 2.48. The summed E-state index contributed by atoms with van der Waals surface area (Å²) >= 11 is 9.15. The van der Waals surface area contributed by atoms with E-state index in [0.717, 1.165) is 10.0 Å². The number of nitro benzene ring substituents is 1. The van der Waals surface area contributed by atoms with Crippen molar-refractivity contribution in [3.8, 4) is 11.1 Å². The largest absolute Gasteiger partial charge is 0.278 e. The smallest absolute Gasteiger partial charge is 0.258 e. The Morgan fingerprint density at radius 1 is 1.12 bits per heavy atom. The van der Waals surface area contributed by atoms with E-state index < -0.39 is 4.92 Å². The molecular weight excluding hydrogens is 305 g/mol. The van der Waals surface area contributed by atoms with Crippen LogP contribution < -0.4 is 0 Å². The predicted molar refractivity (Wildman–Crippen MR) is 71.2 cm³/mol. The summed E-state index contributed by atoms with van der Waals surface area (Å²) in [6.07, 6.45) is 0.